The van der Waals surface area contributed by atoms with Crippen molar-refractivity contribution in [3.8, 4) is 0 Å². The van der Waals surface area contributed by atoms with Crippen LogP contribution in [0.15, 0.2) is 14.8 Å². The highest BCUT2D eigenvalue weighted by atomic mass is 79.9. The molecule has 2 heterocycles. The van der Waals surface area contributed by atoms with Crippen LogP contribution in [0.25, 0.3) is 0 Å². The number of halogens is 1. The van der Waals surface area contributed by atoms with Gasteiger partial charge in [0.25, 0.3) is 0 Å². The van der Waals surface area contributed by atoms with Crippen molar-refractivity contribution in [3.05, 3.63) is 15.4 Å². The number of nitrogens with zero attached hydrogens (tertiary/aromatic N) is 2. The van der Waals surface area contributed by atoms with Gasteiger partial charge in [-0.25, -0.2) is 4.99 Å². The molecule has 0 spiro atoms. The molecule has 0 amide bonds. The highest BCUT2D eigenvalue weighted by molar-refractivity contribution is 9.11. The van der Waals surface area contributed by atoms with Crippen LogP contribution in [0.2, 0.25) is 0 Å². The van der Waals surface area contributed by atoms with Crippen molar-refractivity contribution in [2.45, 2.75) is 58.5 Å². The zero-order valence-corrected chi connectivity index (χ0v) is 14.7. The van der Waals surface area contributed by atoms with Crippen molar-refractivity contribution >= 4 is 44.3 Å². The molecule has 0 aliphatic carbocycles. The molecule has 1 N–H and O–H groups in total. The smallest absolute Gasteiger partial charge is 0.124 e. The van der Waals surface area contributed by atoms with Gasteiger partial charge < -0.3 is 10.3 Å². The first kappa shape index (κ1) is 15.7. The maximum atomic E-state index is 7.87. The average molecular weight is 356 g/mol. The van der Waals surface area contributed by atoms with Gasteiger partial charge in [-0.2, -0.15) is 0 Å². The molecule has 3 nitrogen and oxygen atoms in total. The van der Waals surface area contributed by atoms with E-state index in [1.165, 1.54) is 6.42 Å². The second-order valence-corrected chi connectivity index (χ2v) is 7.63. The van der Waals surface area contributed by atoms with Crippen molar-refractivity contribution in [2.24, 2.45) is 4.99 Å². The molecule has 0 saturated heterocycles. The van der Waals surface area contributed by atoms with Gasteiger partial charge in [0.2, 0.25) is 0 Å². The Morgan fingerprint density at radius 1 is 1.55 bits per heavy atom. The summed E-state index contributed by atoms with van der Waals surface area (Å²) in [7, 11) is 0. The van der Waals surface area contributed by atoms with Gasteiger partial charge in [-0.1, -0.05) is 20.3 Å². The van der Waals surface area contributed by atoms with E-state index >= 15 is 0 Å². The topological polar surface area (TPSA) is 39.5 Å². The van der Waals surface area contributed by atoms with Crippen molar-refractivity contribution in [3.63, 3.8) is 0 Å². The van der Waals surface area contributed by atoms with E-state index in [0.717, 1.165) is 39.4 Å². The number of fused-ring (bicyclic) bond motifs is 1. The minimum atomic E-state index is 0.0341. The quantitative estimate of drug-likeness (QED) is 0.668. The zero-order valence-electron chi connectivity index (χ0n) is 12.3. The summed E-state index contributed by atoms with van der Waals surface area (Å²) in [4.78, 5) is 7.22. The summed E-state index contributed by atoms with van der Waals surface area (Å²) in [6.07, 6.45) is 5.95. The number of thiophene rings is 1. The molecular formula is C15H22BrN3S. The molecule has 2 atom stereocenters. The highest BCUT2D eigenvalue weighted by Gasteiger charge is 2.32. The van der Waals surface area contributed by atoms with Crippen molar-refractivity contribution in [1.82, 2.24) is 4.90 Å². The van der Waals surface area contributed by atoms with Crippen LogP contribution in [0, 0.1) is 5.41 Å². The third-order valence-corrected chi connectivity index (χ3v) is 5.38. The van der Waals surface area contributed by atoms with Gasteiger partial charge in [-0.3, -0.25) is 0 Å². The Hall–Kier alpha value is -0.680. The van der Waals surface area contributed by atoms with Crippen LogP contribution in [0.4, 0.5) is 5.00 Å². The van der Waals surface area contributed by atoms with E-state index in [-0.39, 0.29) is 6.04 Å². The van der Waals surface area contributed by atoms with E-state index in [4.69, 9.17) is 10.4 Å². The summed E-state index contributed by atoms with van der Waals surface area (Å²) in [5.41, 5.74) is 1.16. The molecule has 5 heteroatoms. The van der Waals surface area contributed by atoms with E-state index in [2.05, 4.69) is 47.7 Å². The fourth-order valence-electron chi connectivity index (χ4n) is 2.56. The number of unbranched alkanes of at least 4 members (excludes halogenated alkanes) is 1. The number of hydrogen-bond donors (Lipinski definition) is 1. The molecule has 0 fully saturated rings. The Balaban J connectivity index is 2.44. The Morgan fingerprint density at radius 2 is 2.30 bits per heavy atom. The maximum absolute atomic E-state index is 7.87. The van der Waals surface area contributed by atoms with Crippen molar-refractivity contribution in [2.75, 3.05) is 0 Å². The summed E-state index contributed by atoms with van der Waals surface area (Å²) >= 11 is 5.22. The molecule has 1 aliphatic rings. The number of amidine groups is 1. The number of aliphatic imine (C=N–C) groups is 1. The Bertz CT molecular complexity index is 509. The zero-order chi connectivity index (χ0) is 14.7. The fourth-order valence-corrected chi connectivity index (χ4v) is 4.09. The molecule has 20 heavy (non-hydrogen) atoms. The van der Waals surface area contributed by atoms with E-state index in [1.807, 2.05) is 0 Å². The van der Waals surface area contributed by atoms with Gasteiger partial charge in [0.05, 0.1) is 9.83 Å². The van der Waals surface area contributed by atoms with Gasteiger partial charge >= 0.3 is 0 Å². The van der Waals surface area contributed by atoms with Crippen LogP contribution in [-0.2, 0) is 0 Å². The van der Waals surface area contributed by atoms with Crippen LogP contribution in [0.1, 0.15) is 58.1 Å². The molecule has 1 aromatic rings. The van der Waals surface area contributed by atoms with Crippen molar-refractivity contribution in [1.29, 1.82) is 5.41 Å². The van der Waals surface area contributed by atoms with Gasteiger partial charge in [0.15, 0.2) is 0 Å². The van der Waals surface area contributed by atoms with Crippen LogP contribution >= 0.6 is 27.3 Å². The lowest BCUT2D eigenvalue weighted by atomic mass is 10.0. The third-order valence-electron chi connectivity index (χ3n) is 3.83. The predicted octanol–water partition coefficient (Wildman–Crippen LogP) is 5.54. The van der Waals surface area contributed by atoms with Crippen LogP contribution in [0.5, 0.6) is 0 Å². The van der Waals surface area contributed by atoms with E-state index in [9.17, 15) is 0 Å². The molecule has 0 aromatic carbocycles. The highest BCUT2D eigenvalue weighted by Crippen LogP contribution is 2.43. The maximum Gasteiger partial charge on any atom is 0.124 e. The molecule has 0 radical (unpaired) electrons. The predicted molar refractivity (Wildman–Crippen MR) is 91.8 cm³/mol. The Kier molecular flexibility index (Phi) is 5.38. The minimum absolute atomic E-state index is 0.0341. The normalized spacial score (nSPS) is 19.5. The van der Waals surface area contributed by atoms with E-state index in [0.29, 0.717) is 6.04 Å². The first-order chi connectivity index (χ1) is 9.62. The fraction of sp³-hybridized carbons (Fsp3) is 0.600. The molecule has 0 bridgehead atoms. The molecule has 2 unspecified atom stereocenters. The molecule has 0 saturated carbocycles. The SMILES string of the molecule is CCCCC1=Nc2sc(Br)cc2C(C=N)N1C(C)CC. The van der Waals surface area contributed by atoms with Gasteiger partial charge in [0.1, 0.15) is 10.8 Å². The second-order valence-electron chi connectivity index (χ2n) is 5.22. The van der Waals surface area contributed by atoms with Crippen LogP contribution < -0.4 is 0 Å². The summed E-state index contributed by atoms with van der Waals surface area (Å²) in [5, 5.41) is 8.94. The third kappa shape index (κ3) is 2.98. The number of rotatable bonds is 6. The molecular weight excluding hydrogens is 334 g/mol. The van der Waals surface area contributed by atoms with Crippen LogP contribution in [0.3, 0.4) is 0 Å². The average Bonchev–Trinajstić information content (AvgIpc) is 2.82. The van der Waals surface area contributed by atoms with E-state index in [1.54, 1.807) is 17.6 Å². The molecule has 2 rings (SSSR count). The summed E-state index contributed by atoms with van der Waals surface area (Å²) < 4.78 is 1.10. The number of hydrogen-bond acceptors (Lipinski definition) is 4. The molecule has 110 valence electrons. The molecule has 1 aliphatic heterocycles. The largest absolute Gasteiger partial charge is 0.345 e. The summed E-state index contributed by atoms with van der Waals surface area (Å²) in [5.74, 6) is 1.15. The Labute approximate surface area is 133 Å². The standard InChI is InChI=1S/C15H22BrN3S/c1-4-6-7-14-18-15-11(8-13(16)20-15)12(9-17)19(14)10(3)5-2/h8-10,12,17H,4-7H2,1-3H3. The Morgan fingerprint density at radius 3 is 2.90 bits per heavy atom. The monoisotopic (exact) mass is 355 g/mol. The van der Waals surface area contributed by atoms with E-state index < -0.39 is 0 Å². The molecule has 1 aromatic heterocycles. The first-order valence-electron chi connectivity index (χ1n) is 7.28. The lowest BCUT2D eigenvalue weighted by Crippen LogP contribution is -2.43. The van der Waals surface area contributed by atoms with Gasteiger partial charge in [-0.05, 0) is 41.8 Å². The lowest BCUT2D eigenvalue weighted by Gasteiger charge is -2.39. The summed E-state index contributed by atoms with van der Waals surface area (Å²) in [6, 6.07) is 2.56. The second kappa shape index (κ2) is 6.85. The van der Waals surface area contributed by atoms with Crippen molar-refractivity contribution < 1.29 is 0 Å². The van der Waals surface area contributed by atoms with Crippen LogP contribution in [-0.4, -0.2) is 23.0 Å². The first-order valence-corrected chi connectivity index (χ1v) is 8.89. The van der Waals surface area contributed by atoms with Gasteiger partial charge in [-0.15, -0.1) is 11.3 Å². The minimum Gasteiger partial charge on any atom is -0.345 e. The lowest BCUT2D eigenvalue weighted by molar-refractivity contribution is 0.286. The summed E-state index contributed by atoms with van der Waals surface area (Å²) in [6.45, 7) is 6.63. The van der Waals surface area contributed by atoms with Gasteiger partial charge in [0, 0.05) is 24.2 Å². The number of nitrogens with one attached hydrogen (secondary N) is 1.